The number of hydrogen-bond donors (Lipinski definition) is 3. The van der Waals surface area contributed by atoms with Crippen LogP contribution in [0.15, 0.2) is 0 Å². The molecule has 1 atom stereocenters. The van der Waals surface area contributed by atoms with Crippen molar-refractivity contribution in [2.75, 3.05) is 19.8 Å². The smallest absolute Gasteiger partial charge is 0.0534 e. The van der Waals surface area contributed by atoms with Gasteiger partial charge in [-0.1, -0.05) is 34.1 Å². The summed E-state index contributed by atoms with van der Waals surface area (Å²) in [6.07, 6.45) is 0.838. The number of aliphatic hydroxyl groups is 3. The van der Waals surface area contributed by atoms with E-state index in [2.05, 4.69) is 20.8 Å². The molecule has 0 saturated carbocycles. The standard InChI is InChI=1S/C11H24O3/c1-5-9(10(2,3)4)11(6-12,7-13)8-14/h9,12-14H,5-8H2,1-4H3. The van der Waals surface area contributed by atoms with Gasteiger partial charge in [0, 0.05) is 5.41 Å². The van der Waals surface area contributed by atoms with Crippen molar-refractivity contribution in [1.29, 1.82) is 0 Å². The summed E-state index contributed by atoms with van der Waals surface area (Å²) in [7, 11) is 0. The molecule has 0 fully saturated rings. The Hall–Kier alpha value is -0.120. The van der Waals surface area contributed by atoms with E-state index in [1.165, 1.54) is 0 Å². The molecule has 86 valence electrons. The number of rotatable bonds is 5. The number of hydrogen-bond acceptors (Lipinski definition) is 3. The normalized spacial score (nSPS) is 15.6. The molecule has 0 amide bonds. The van der Waals surface area contributed by atoms with Gasteiger partial charge in [0.05, 0.1) is 19.8 Å². The lowest BCUT2D eigenvalue weighted by atomic mass is 9.63. The van der Waals surface area contributed by atoms with Gasteiger partial charge in [-0.2, -0.15) is 0 Å². The molecule has 0 aliphatic rings. The van der Waals surface area contributed by atoms with Gasteiger partial charge in [0.15, 0.2) is 0 Å². The van der Waals surface area contributed by atoms with Crippen LogP contribution in [-0.4, -0.2) is 35.1 Å². The second-order valence-corrected chi connectivity index (χ2v) is 5.16. The summed E-state index contributed by atoms with van der Waals surface area (Å²) in [4.78, 5) is 0. The summed E-state index contributed by atoms with van der Waals surface area (Å²) in [5.41, 5.74) is -0.782. The average molecular weight is 204 g/mol. The maximum atomic E-state index is 9.32. The van der Waals surface area contributed by atoms with Crippen molar-refractivity contribution in [2.45, 2.75) is 34.1 Å². The van der Waals surface area contributed by atoms with Crippen LogP contribution in [0.2, 0.25) is 0 Å². The van der Waals surface area contributed by atoms with Crippen LogP contribution in [0.1, 0.15) is 34.1 Å². The zero-order valence-corrected chi connectivity index (χ0v) is 9.75. The lowest BCUT2D eigenvalue weighted by Crippen LogP contribution is -2.46. The van der Waals surface area contributed by atoms with E-state index in [0.717, 1.165) is 6.42 Å². The molecule has 0 saturated heterocycles. The minimum atomic E-state index is -0.757. The van der Waals surface area contributed by atoms with Crippen LogP contribution in [0.4, 0.5) is 0 Å². The highest BCUT2D eigenvalue weighted by Crippen LogP contribution is 2.41. The van der Waals surface area contributed by atoms with Crippen LogP contribution in [0, 0.1) is 16.7 Å². The summed E-state index contributed by atoms with van der Waals surface area (Å²) >= 11 is 0. The topological polar surface area (TPSA) is 60.7 Å². The van der Waals surface area contributed by atoms with Gasteiger partial charge in [-0.15, -0.1) is 0 Å². The molecule has 0 rings (SSSR count). The molecule has 0 aromatic carbocycles. The van der Waals surface area contributed by atoms with Gasteiger partial charge < -0.3 is 15.3 Å². The van der Waals surface area contributed by atoms with Crippen LogP contribution < -0.4 is 0 Å². The Morgan fingerprint density at radius 3 is 1.36 bits per heavy atom. The highest BCUT2D eigenvalue weighted by Gasteiger charge is 2.42. The first-order chi connectivity index (χ1) is 6.37. The summed E-state index contributed by atoms with van der Waals surface area (Å²) in [5, 5.41) is 28.0. The molecule has 3 N–H and O–H groups in total. The molecule has 3 heteroatoms. The predicted octanol–water partition coefficient (Wildman–Crippen LogP) is 1.02. The summed E-state index contributed by atoms with van der Waals surface area (Å²) in [6.45, 7) is 7.71. The minimum Gasteiger partial charge on any atom is -0.396 e. The second-order valence-electron chi connectivity index (χ2n) is 5.16. The van der Waals surface area contributed by atoms with Crippen molar-refractivity contribution in [3.63, 3.8) is 0 Å². The molecule has 0 spiro atoms. The molecule has 0 bridgehead atoms. The monoisotopic (exact) mass is 204 g/mol. The molecule has 0 aromatic heterocycles. The van der Waals surface area contributed by atoms with E-state index in [1.807, 2.05) is 6.92 Å². The summed E-state index contributed by atoms with van der Waals surface area (Å²) in [5.74, 6) is 0.106. The SMILES string of the molecule is CCC(C(C)(C)C)C(CO)(CO)CO. The van der Waals surface area contributed by atoms with Crippen LogP contribution in [0.25, 0.3) is 0 Å². The second kappa shape index (κ2) is 5.10. The Labute approximate surface area is 86.8 Å². The molecule has 0 radical (unpaired) electrons. The Morgan fingerprint density at radius 1 is 0.929 bits per heavy atom. The molecule has 0 heterocycles. The highest BCUT2D eigenvalue weighted by molar-refractivity contribution is 4.90. The van der Waals surface area contributed by atoms with Crippen molar-refractivity contribution in [3.05, 3.63) is 0 Å². The first-order valence-electron chi connectivity index (χ1n) is 5.20. The molecule has 0 aromatic rings. The van der Waals surface area contributed by atoms with E-state index in [-0.39, 0.29) is 31.2 Å². The van der Waals surface area contributed by atoms with E-state index in [9.17, 15) is 15.3 Å². The maximum Gasteiger partial charge on any atom is 0.0534 e. The van der Waals surface area contributed by atoms with Crippen LogP contribution in [0.3, 0.4) is 0 Å². The quantitative estimate of drug-likeness (QED) is 0.626. The van der Waals surface area contributed by atoms with Crippen LogP contribution in [-0.2, 0) is 0 Å². The van der Waals surface area contributed by atoms with Gasteiger partial charge in [0.25, 0.3) is 0 Å². The third-order valence-electron chi connectivity index (χ3n) is 3.14. The Morgan fingerprint density at radius 2 is 1.29 bits per heavy atom. The van der Waals surface area contributed by atoms with Gasteiger partial charge in [-0.25, -0.2) is 0 Å². The first kappa shape index (κ1) is 13.9. The van der Waals surface area contributed by atoms with Crippen LogP contribution in [0.5, 0.6) is 0 Å². The third kappa shape index (κ3) is 2.69. The van der Waals surface area contributed by atoms with Gasteiger partial charge in [-0.05, 0) is 11.3 Å². The van der Waals surface area contributed by atoms with Gasteiger partial charge in [-0.3, -0.25) is 0 Å². The van der Waals surface area contributed by atoms with Crippen molar-refractivity contribution in [3.8, 4) is 0 Å². The predicted molar refractivity (Wildman–Crippen MR) is 56.9 cm³/mol. The average Bonchev–Trinajstić information content (AvgIpc) is 2.12. The van der Waals surface area contributed by atoms with E-state index >= 15 is 0 Å². The zero-order valence-electron chi connectivity index (χ0n) is 9.75. The molecule has 3 nitrogen and oxygen atoms in total. The third-order valence-corrected chi connectivity index (χ3v) is 3.14. The van der Waals surface area contributed by atoms with Crippen molar-refractivity contribution in [1.82, 2.24) is 0 Å². The van der Waals surface area contributed by atoms with E-state index < -0.39 is 5.41 Å². The highest BCUT2D eigenvalue weighted by atomic mass is 16.3. The summed E-state index contributed by atoms with van der Waals surface area (Å²) < 4.78 is 0. The fraction of sp³-hybridized carbons (Fsp3) is 1.00. The molecule has 0 aliphatic carbocycles. The van der Waals surface area contributed by atoms with Crippen LogP contribution >= 0.6 is 0 Å². The Bertz CT molecular complexity index is 148. The van der Waals surface area contributed by atoms with E-state index in [4.69, 9.17) is 0 Å². The van der Waals surface area contributed by atoms with E-state index in [1.54, 1.807) is 0 Å². The van der Waals surface area contributed by atoms with Crippen molar-refractivity contribution < 1.29 is 15.3 Å². The van der Waals surface area contributed by atoms with Crippen molar-refractivity contribution in [2.24, 2.45) is 16.7 Å². The molecular formula is C11H24O3. The molecular weight excluding hydrogens is 180 g/mol. The molecule has 14 heavy (non-hydrogen) atoms. The minimum absolute atomic E-state index is 0.0249. The maximum absolute atomic E-state index is 9.32. The Balaban J connectivity index is 4.94. The largest absolute Gasteiger partial charge is 0.396 e. The zero-order chi connectivity index (χ0) is 11.4. The van der Waals surface area contributed by atoms with Crippen molar-refractivity contribution >= 4 is 0 Å². The van der Waals surface area contributed by atoms with Gasteiger partial charge in [0.1, 0.15) is 0 Å². The molecule has 1 unspecified atom stereocenters. The van der Waals surface area contributed by atoms with Gasteiger partial charge in [0.2, 0.25) is 0 Å². The lowest BCUT2D eigenvalue weighted by molar-refractivity contribution is -0.0751. The summed E-state index contributed by atoms with van der Waals surface area (Å²) in [6, 6.07) is 0. The molecule has 0 aliphatic heterocycles. The first-order valence-corrected chi connectivity index (χ1v) is 5.20. The Kier molecular flexibility index (Phi) is 5.06. The van der Waals surface area contributed by atoms with E-state index in [0.29, 0.717) is 0 Å². The van der Waals surface area contributed by atoms with Gasteiger partial charge >= 0.3 is 0 Å². The fourth-order valence-electron chi connectivity index (χ4n) is 2.44. The lowest BCUT2D eigenvalue weighted by Gasteiger charge is -2.43. The number of aliphatic hydroxyl groups excluding tert-OH is 3. The fourth-order valence-corrected chi connectivity index (χ4v) is 2.44.